The van der Waals surface area contributed by atoms with Crippen molar-refractivity contribution in [1.82, 2.24) is 4.98 Å². The molecule has 0 aliphatic rings. The van der Waals surface area contributed by atoms with E-state index in [0.717, 1.165) is 12.1 Å². The number of pyridine rings is 1. The van der Waals surface area contributed by atoms with Crippen LogP contribution in [0, 0.1) is 11.6 Å². The fourth-order valence-electron chi connectivity index (χ4n) is 2.01. The van der Waals surface area contributed by atoms with E-state index in [9.17, 15) is 23.2 Å². The first-order chi connectivity index (χ1) is 10.2. The molecule has 0 unspecified atom stereocenters. The largest absolute Gasteiger partial charge is 0.478 e. The minimum Gasteiger partial charge on any atom is -0.478 e. The molecule has 0 atom stereocenters. The summed E-state index contributed by atoms with van der Waals surface area (Å²) in [4.78, 5) is 36.1. The molecule has 2 rings (SSSR count). The molecule has 0 spiro atoms. The van der Waals surface area contributed by atoms with Crippen LogP contribution in [-0.2, 0) is 0 Å². The van der Waals surface area contributed by atoms with Gasteiger partial charge in [0.25, 0.3) is 5.56 Å². The predicted octanol–water partition coefficient (Wildman–Crippen LogP) is 1.30. The number of benzene rings is 1. The first-order valence-electron chi connectivity index (χ1n) is 5.71. The molecule has 0 aliphatic carbocycles. The third-order valence-electron chi connectivity index (χ3n) is 2.87. The molecule has 5 N–H and O–H groups in total. The van der Waals surface area contributed by atoms with Crippen LogP contribution in [0.4, 0.5) is 14.6 Å². The van der Waals surface area contributed by atoms with Crippen molar-refractivity contribution < 1.29 is 28.6 Å². The lowest BCUT2D eigenvalue weighted by molar-refractivity contribution is 0.0695. The Morgan fingerprint density at radius 1 is 1.09 bits per heavy atom. The lowest BCUT2D eigenvalue weighted by Crippen LogP contribution is -2.24. The molecule has 1 heterocycles. The van der Waals surface area contributed by atoms with E-state index in [2.05, 4.69) is 0 Å². The minimum absolute atomic E-state index is 0.434. The smallest absolute Gasteiger partial charge is 0.342 e. The normalized spacial score (nSPS) is 10.5. The van der Waals surface area contributed by atoms with Crippen molar-refractivity contribution in [2.75, 3.05) is 5.73 Å². The highest BCUT2D eigenvalue weighted by molar-refractivity contribution is 6.07. The second-order valence-corrected chi connectivity index (χ2v) is 4.23. The number of aromatic carboxylic acids is 2. The van der Waals surface area contributed by atoms with Crippen LogP contribution in [0.5, 0.6) is 0 Å². The van der Waals surface area contributed by atoms with Gasteiger partial charge in [0.2, 0.25) is 0 Å². The van der Waals surface area contributed by atoms with Gasteiger partial charge in [-0.1, -0.05) is 0 Å². The van der Waals surface area contributed by atoms with Crippen molar-refractivity contribution in [1.29, 1.82) is 0 Å². The second-order valence-electron chi connectivity index (χ2n) is 4.23. The zero-order chi connectivity index (χ0) is 16.6. The third-order valence-corrected chi connectivity index (χ3v) is 2.87. The first kappa shape index (κ1) is 15.2. The van der Waals surface area contributed by atoms with Gasteiger partial charge < -0.3 is 20.9 Å². The van der Waals surface area contributed by atoms with Crippen LogP contribution < -0.4 is 11.3 Å². The molecular weight excluding hydrogens is 302 g/mol. The van der Waals surface area contributed by atoms with Gasteiger partial charge in [-0.2, -0.15) is 0 Å². The van der Waals surface area contributed by atoms with Gasteiger partial charge in [0.1, 0.15) is 28.6 Å². The fraction of sp³-hybridized carbons (Fsp3) is 0. The molecule has 0 fully saturated rings. The Morgan fingerprint density at radius 3 is 2.18 bits per heavy atom. The van der Waals surface area contributed by atoms with Gasteiger partial charge >= 0.3 is 11.9 Å². The number of halogens is 2. The van der Waals surface area contributed by atoms with Crippen molar-refractivity contribution in [2.24, 2.45) is 0 Å². The molecule has 114 valence electrons. The van der Waals surface area contributed by atoms with Gasteiger partial charge in [-0.3, -0.25) is 4.79 Å². The van der Waals surface area contributed by atoms with Crippen LogP contribution in [-0.4, -0.2) is 27.1 Å². The number of rotatable bonds is 3. The van der Waals surface area contributed by atoms with Gasteiger partial charge in [-0.15, -0.1) is 0 Å². The Morgan fingerprint density at radius 2 is 1.68 bits per heavy atom. The van der Waals surface area contributed by atoms with Crippen LogP contribution in [0.15, 0.2) is 23.0 Å². The number of H-pyrrole nitrogens is 1. The number of aromatic amines is 1. The Bertz CT molecular complexity index is 860. The van der Waals surface area contributed by atoms with Crippen molar-refractivity contribution in [3.05, 3.63) is 51.3 Å². The molecular formula is C13H8F2N2O5. The number of carboxylic acids is 2. The topological polar surface area (TPSA) is 133 Å². The highest BCUT2D eigenvalue weighted by atomic mass is 19.1. The Kier molecular flexibility index (Phi) is 3.64. The van der Waals surface area contributed by atoms with Crippen molar-refractivity contribution in [3.8, 4) is 11.1 Å². The second kappa shape index (κ2) is 5.28. The van der Waals surface area contributed by atoms with E-state index in [1.54, 1.807) is 0 Å². The molecule has 0 saturated carbocycles. The zero-order valence-corrected chi connectivity index (χ0v) is 10.7. The first-order valence-corrected chi connectivity index (χ1v) is 5.71. The Labute approximate surface area is 120 Å². The number of nitrogens with one attached hydrogen (secondary N) is 1. The van der Waals surface area contributed by atoms with E-state index < -0.39 is 57.2 Å². The lowest BCUT2D eigenvalue weighted by atomic mass is 9.95. The predicted molar refractivity (Wildman–Crippen MR) is 70.7 cm³/mol. The van der Waals surface area contributed by atoms with Crippen LogP contribution in [0.1, 0.15) is 20.7 Å². The molecule has 0 aliphatic heterocycles. The van der Waals surface area contributed by atoms with Gasteiger partial charge in [-0.05, 0) is 12.1 Å². The summed E-state index contributed by atoms with van der Waals surface area (Å²) in [5, 5.41) is 18.3. The molecule has 0 amide bonds. The minimum atomic E-state index is -1.78. The van der Waals surface area contributed by atoms with E-state index in [1.807, 2.05) is 4.98 Å². The summed E-state index contributed by atoms with van der Waals surface area (Å²) < 4.78 is 26.9. The molecule has 9 heteroatoms. The highest BCUT2D eigenvalue weighted by Crippen LogP contribution is 2.31. The summed E-state index contributed by atoms with van der Waals surface area (Å²) in [5.74, 6) is -6.26. The van der Waals surface area contributed by atoms with Crippen molar-refractivity contribution >= 4 is 17.8 Å². The number of aromatic nitrogens is 1. The van der Waals surface area contributed by atoms with Crippen LogP contribution >= 0.6 is 0 Å². The van der Waals surface area contributed by atoms with Gasteiger partial charge in [0.15, 0.2) is 0 Å². The quantitative estimate of drug-likeness (QED) is 0.675. The van der Waals surface area contributed by atoms with Gasteiger partial charge in [0.05, 0.1) is 0 Å². The third kappa shape index (κ3) is 2.39. The standard InChI is InChI=1S/C13H8F2N2O5/c14-4-1-2-5(6(15)3-4)7-8(12(19)20)10(16)17-11(18)9(7)13(21)22/h1-3H,(H,19,20)(H,21,22)(H3,16,17,18). The van der Waals surface area contributed by atoms with Gasteiger partial charge in [-0.25, -0.2) is 18.4 Å². The molecule has 22 heavy (non-hydrogen) atoms. The average molecular weight is 310 g/mol. The summed E-state index contributed by atoms with van der Waals surface area (Å²) in [6.07, 6.45) is 0. The lowest BCUT2D eigenvalue weighted by Gasteiger charge is -2.12. The summed E-state index contributed by atoms with van der Waals surface area (Å²) in [6, 6.07) is 2.06. The molecule has 0 bridgehead atoms. The number of carbonyl (C=O) groups is 2. The van der Waals surface area contributed by atoms with Crippen molar-refractivity contribution in [2.45, 2.75) is 0 Å². The van der Waals surface area contributed by atoms with Crippen molar-refractivity contribution in [3.63, 3.8) is 0 Å². The van der Waals surface area contributed by atoms with Crippen LogP contribution in [0.2, 0.25) is 0 Å². The number of anilines is 1. The maximum absolute atomic E-state index is 13.9. The highest BCUT2D eigenvalue weighted by Gasteiger charge is 2.28. The summed E-state index contributed by atoms with van der Waals surface area (Å²) in [5.41, 5.74) is 1.11. The fourth-order valence-corrected chi connectivity index (χ4v) is 2.01. The Hall–Kier alpha value is -3.23. The SMILES string of the molecule is Nc1[nH]c(=O)c(C(=O)O)c(-c2ccc(F)cc2F)c1C(=O)O. The maximum atomic E-state index is 13.9. The van der Waals surface area contributed by atoms with Gasteiger partial charge in [0, 0.05) is 17.2 Å². The molecule has 0 saturated heterocycles. The van der Waals surface area contributed by atoms with E-state index in [4.69, 9.17) is 15.9 Å². The average Bonchev–Trinajstić information content (AvgIpc) is 2.36. The summed E-state index contributed by atoms with van der Waals surface area (Å²) in [6.45, 7) is 0. The van der Waals surface area contributed by atoms with Crippen LogP contribution in [0.25, 0.3) is 11.1 Å². The van der Waals surface area contributed by atoms with E-state index in [1.165, 1.54) is 0 Å². The van der Waals surface area contributed by atoms with E-state index in [0.29, 0.717) is 6.07 Å². The number of carboxylic acid groups (broad SMARTS) is 2. The summed E-state index contributed by atoms with van der Waals surface area (Å²) in [7, 11) is 0. The van der Waals surface area contributed by atoms with E-state index in [-0.39, 0.29) is 0 Å². The van der Waals surface area contributed by atoms with Crippen LogP contribution in [0.3, 0.4) is 0 Å². The molecule has 7 nitrogen and oxygen atoms in total. The molecule has 1 aromatic carbocycles. The molecule has 1 aromatic heterocycles. The summed E-state index contributed by atoms with van der Waals surface area (Å²) >= 11 is 0. The number of nitrogens with two attached hydrogens (primary N) is 1. The Balaban J connectivity index is 3.02. The maximum Gasteiger partial charge on any atom is 0.342 e. The number of hydrogen-bond acceptors (Lipinski definition) is 4. The number of hydrogen-bond donors (Lipinski definition) is 4. The molecule has 2 aromatic rings. The zero-order valence-electron chi connectivity index (χ0n) is 10.7. The number of nitrogen functional groups attached to an aromatic ring is 1. The monoisotopic (exact) mass is 310 g/mol. The van der Waals surface area contributed by atoms with E-state index >= 15 is 0 Å². The molecule has 0 radical (unpaired) electrons.